The SMILES string of the molecule is Cc1nc2ccc(SCc3ccc(CN4CCCCCC4)cc3)cc2c(=O)n1C1CCC(=O)NC1=O. The number of carbonyl (C=O) groups excluding carboxylic acids is 2. The third-order valence-corrected chi connectivity index (χ3v) is 8.17. The van der Waals surface area contributed by atoms with Gasteiger partial charge in [0.1, 0.15) is 11.9 Å². The van der Waals surface area contributed by atoms with E-state index in [9.17, 15) is 14.4 Å². The molecule has 2 amide bonds. The summed E-state index contributed by atoms with van der Waals surface area (Å²) in [6.07, 6.45) is 5.82. The number of aromatic nitrogens is 2. The van der Waals surface area contributed by atoms with Crippen LogP contribution in [-0.4, -0.2) is 39.4 Å². The summed E-state index contributed by atoms with van der Waals surface area (Å²) in [7, 11) is 0. The van der Waals surface area contributed by atoms with Crippen LogP contribution in [0.4, 0.5) is 0 Å². The van der Waals surface area contributed by atoms with Crippen molar-refractivity contribution in [1.29, 1.82) is 0 Å². The van der Waals surface area contributed by atoms with E-state index in [-0.39, 0.29) is 17.9 Å². The van der Waals surface area contributed by atoms with Crippen LogP contribution in [0.3, 0.4) is 0 Å². The van der Waals surface area contributed by atoms with Crippen molar-refractivity contribution in [3.05, 3.63) is 69.8 Å². The zero-order chi connectivity index (χ0) is 25.1. The number of hydrogen-bond acceptors (Lipinski definition) is 6. The zero-order valence-corrected chi connectivity index (χ0v) is 21.5. The number of aryl methyl sites for hydroxylation is 1. The summed E-state index contributed by atoms with van der Waals surface area (Å²) in [6, 6.07) is 13.9. The maximum absolute atomic E-state index is 13.4. The molecule has 5 rings (SSSR count). The van der Waals surface area contributed by atoms with Gasteiger partial charge in [0.05, 0.1) is 10.9 Å². The first-order chi connectivity index (χ1) is 17.5. The number of rotatable bonds is 6. The predicted molar refractivity (Wildman–Crippen MR) is 142 cm³/mol. The molecule has 2 saturated heterocycles. The molecule has 0 saturated carbocycles. The third kappa shape index (κ3) is 5.55. The van der Waals surface area contributed by atoms with Gasteiger partial charge in [0.25, 0.3) is 5.56 Å². The Balaban J connectivity index is 1.29. The molecule has 3 heterocycles. The summed E-state index contributed by atoms with van der Waals surface area (Å²) in [5.74, 6) is 0.533. The number of piperidine rings is 1. The van der Waals surface area contributed by atoms with E-state index in [2.05, 4.69) is 39.5 Å². The van der Waals surface area contributed by atoms with Crippen LogP contribution in [0.2, 0.25) is 0 Å². The molecule has 188 valence electrons. The Hall–Kier alpha value is -2.97. The number of hydrogen-bond donors (Lipinski definition) is 1. The molecule has 36 heavy (non-hydrogen) atoms. The van der Waals surface area contributed by atoms with Gasteiger partial charge in [-0.05, 0) is 68.6 Å². The summed E-state index contributed by atoms with van der Waals surface area (Å²) in [6.45, 7) is 5.13. The van der Waals surface area contributed by atoms with E-state index in [1.165, 1.54) is 54.5 Å². The second-order valence-electron chi connectivity index (χ2n) is 9.78. The molecule has 2 aliphatic heterocycles. The van der Waals surface area contributed by atoms with Crippen molar-refractivity contribution >= 4 is 34.5 Å². The number of thioether (sulfide) groups is 1. The molecule has 1 atom stereocenters. The summed E-state index contributed by atoms with van der Waals surface area (Å²) in [4.78, 5) is 45.4. The number of nitrogens with zero attached hydrogens (tertiary/aromatic N) is 3. The Morgan fingerprint density at radius 1 is 0.972 bits per heavy atom. The standard InChI is InChI=1S/C28H32N4O3S/c1-19-29-24-11-10-22(16-23(24)28(35)32(19)25-12-13-26(33)30-27(25)34)36-18-21-8-6-20(7-9-21)17-31-14-4-2-3-5-15-31/h6-11,16,25H,2-5,12-15,17-18H2,1H3,(H,30,33,34). The van der Waals surface area contributed by atoms with Gasteiger partial charge >= 0.3 is 0 Å². The Morgan fingerprint density at radius 3 is 2.42 bits per heavy atom. The summed E-state index contributed by atoms with van der Waals surface area (Å²) in [5.41, 5.74) is 2.96. The molecule has 0 radical (unpaired) electrons. The number of benzene rings is 2. The Kier molecular flexibility index (Phi) is 7.53. The fourth-order valence-electron chi connectivity index (χ4n) is 5.13. The predicted octanol–water partition coefficient (Wildman–Crippen LogP) is 4.35. The number of imide groups is 1. The largest absolute Gasteiger partial charge is 0.299 e. The molecule has 3 aromatic rings. The van der Waals surface area contributed by atoms with E-state index in [0.29, 0.717) is 23.1 Å². The molecule has 8 heteroatoms. The lowest BCUT2D eigenvalue weighted by Gasteiger charge is -2.24. The van der Waals surface area contributed by atoms with Gasteiger partial charge in [-0.25, -0.2) is 4.98 Å². The number of carbonyl (C=O) groups is 2. The first-order valence-corrected chi connectivity index (χ1v) is 13.8. The minimum atomic E-state index is -0.712. The first-order valence-electron chi connectivity index (χ1n) is 12.8. The van der Waals surface area contributed by atoms with Crippen LogP contribution in [0, 0.1) is 6.92 Å². The van der Waals surface area contributed by atoms with Crippen molar-refractivity contribution in [1.82, 2.24) is 19.8 Å². The summed E-state index contributed by atoms with van der Waals surface area (Å²) >= 11 is 1.68. The van der Waals surface area contributed by atoms with E-state index in [1.807, 2.05) is 18.2 Å². The van der Waals surface area contributed by atoms with Crippen LogP contribution in [0.5, 0.6) is 0 Å². The van der Waals surface area contributed by atoms with Gasteiger partial charge in [-0.15, -0.1) is 11.8 Å². The Labute approximate surface area is 215 Å². The van der Waals surface area contributed by atoms with Crippen molar-refractivity contribution in [3.63, 3.8) is 0 Å². The van der Waals surface area contributed by atoms with Crippen molar-refractivity contribution in [3.8, 4) is 0 Å². The molecule has 2 aliphatic rings. The smallest absolute Gasteiger partial charge is 0.262 e. The van der Waals surface area contributed by atoms with E-state index in [0.717, 1.165) is 17.2 Å². The number of fused-ring (bicyclic) bond motifs is 1. The van der Waals surface area contributed by atoms with Gasteiger partial charge < -0.3 is 0 Å². The molecular formula is C28H32N4O3S. The quantitative estimate of drug-likeness (QED) is 0.397. The molecule has 7 nitrogen and oxygen atoms in total. The van der Waals surface area contributed by atoms with Crippen LogP contribution >= 0.6 is 11.8 Å². The van der Waals surface area contributed by atoms with E-state index in [4.69, 9.17) is 0 Å². The van der Waals surface area contributed by atoms with Crippen molar-refractivity contribution in [2.24, 2.45) is 0 Å². The highest BCUT2D eigenvalue weighted by Gasteiger charge is 2.30. The van der Waals surface area contributed by atoms with Gasteiger partial charge in [0.15, 0.2) is 0 Å². The van der Waals surface area contributed by atoms with Gasteiger partial charge in [-0.3, -0.25) is 29.2 Å². The van der Waals surface area contributed by atoms with E-state index >= 15 is 0 Å². The van der Waals surface area contributed by atoms with E-state index < -0.39 is 11.9 Å². The minimum absolute atomic E-state index is 0.215. The number of amides is 2. The fourth-order valence-corrected chi connectivity index (χ4v) is 6.03. The lowest BCUT2D eigenvalue weighted by molar-refractivity contribution is -0.135. The fraction of sp³-hybridized carbons (Fsp3) is 0.429. The second-order valence-corrected chi connectivity index (χ2v) is 10.8. The maximum atomic E-state index is 13.4. The van der Waals surface area contributed by atoms with Gasteiger partial charge in [0, 0.05) is 23.6 Å². The zero-order valence-electron chi connectivity index (χ0n) is 20.7. The second kappa shape index (κ2) is 11.0. The highest BCUT2D eigenvalue weighted by Crippen LogP contribution is 2.27. The lowest BCUT2D eigenvalue weighted by Crippen LogP contribution is -2.45. The maximum Gasteiger partial charge on any atom is 0.262 e. The number of nitrogens with one attached hydrogen (secondary N) is 1. The van der Waals surface area contributed by atoms with E-state index in [1.54, 1.807) is 18.7 Å². The minimum Gasteiger partial charge on any atom is -0.299 e. The van der Waals surface area contributed by atoms with Crippen molar-refractivity contribution < 1.29 is 9.59 Å². The normalized spacial score (nSPS) is 19.3. The van der Waals surface area contributed by atoms with Crippen LogP contribution in [0.15, 0.2) is 52.2 Å². The third-order valence-electron chi connectivity index (χ3n) is 7.10. The van der Waals surface area contributed by atoms with Crippen LogP contribution < -0.4 is 10.9 Å². The highest BCUT2D eigenvalue weighted by molar-refractivity contribution is 7.98. The first kappa shape index (κ1) is 24.7. The molecular weight excluding hydrogens is 472 g/mol. The molecule has 1 aromatic heterocycles. The molecule has 2 fully saturated rings. The Bertz CT molecular complexity index is 1330. The topological polar surface area (TPSA) is 84.3 Å². The molecule has 0 aliphatic carbocycles. The monoisotopic (exact) mass is 504 g/mol. The van der Waals surface area contributed by atoms with Crippen molar-refractivity contribution in [2.45, 2.75) is 68.7 Å². The molecule has 0 bridgehead atoms. The van der Waals surface area contributed by atoms with Crippen LogP contribution in [0.1, 0.15) is 61.5 Å². The summed E-state index contributed by atoms with van der Waals surface area (Å²) in [5, 5.41) is 2.83. The Morgan fingerprint density at radius 2 is 1.69 bits per heavy atom. The molecule has 1 N–H and O–H groups in total. The average Bonchev–Trinajstić information content (AvgIpc) is 3.14. The highest BCUT2D eigenvalue weighted by atomic mass is 32.2. The summed E-state index contributed by atoms with van der Waals surface area (Å²) < 4.78 is 1.43. The van der Waals surface area contributed by atoms with Gasteiger partial charge in [-0.2, -0.15) is 0 Å². The van der Waals surface area contributed by atoms with Gasteiger partial charge in [-0.1, -0.05) is 37.1 Å². The van der Waals surface area contributed by atoms with Crippen LogP contribution in [-0.2, 0) is 21.9 Å². The molecule has 1 unspecified atom stereocenters. The molecule has 2 aromatic carbocycles. The van der Waals surface area contributed by atoms with Gasteiger partial charge in [0.2, 0.25) is 11.8 Å². The van der Waals surface area contributed by atoms with Crippen molar-refractivity contribution in [2.75, 3.05) is 13.1 Å². The molecule has 0 spiro atoms. The average molecular weight is 505 g/mol. The van der Waals surface area contributed by atoms with Crippen LogP contribution in [0.25, 0.3) is 10.9 Å². The number of likely N-dealkylation sites (tertiary alicyclic amines) is 1. The lowest BCUT2D eigenvalue weighted by atomic mass is 10.1.